The minimum atomic E-state index is -0.487. The summed E-state index contributed by atoms with van der Waals surface area (Å²) in [6.45, 7) is -0.0898. The molecule has 0 aliphatic heterocycles. The fourth-order valence-electron chi connectivity index (χ4n) is 5.33. The minimum absolute atomic E-state index is 0.0898. The van der Waals surface area contributed by atoms with Gasteiger partial charge in [-0.05, 0) is 74.5 Å². The number of ether oxygens (including phenoxy) is 1. The summed E-state index contributed by atoms with van der Waals surface area (Å²) < 4.78 is 10.3. The first-order valence-corrected chi connectivity index (χ1v) is 8.55. The summed E-state index contributed by atoms with van der Waals surface area (Å²) >= 11 is 0. The van der Waals surface area contributed by atoms with Crippen molar-refractivity contribution in [1.82, 2.24) is 0 Å². The molecule has 0 spiro atoms. The van der Waals surface area contributed by atoms with Crippen molar-refractivity contribution < 1.29 is 18.7 Å². The van der Waals surface area contributed by atoms with Gasteiger partial charge in [0.25, 0.3) is 0 Å². The van der Waals surface area contributed by atoms with Crippen molar-refractivity contribution in [2.24, 2.45) is 23.2 Å². The number of esters is 1. The molecule has 1 aromatic heterocycles. The van der Waals surface area contributed by atoms with E-state index in [4.69, 9.17) is 9.15 Å². The van der Waals surface area contributed by atoms with Crippen molar-refractivity contribution in [1.29, 1.82) is 0 Å². The number of hydrogen-bond donors (Lipinski definition) is 0. The highest BCUT2D eigenvalue weighted by Gasteiger charge is 2.54. The van der Waals surface area contributed by atoms with E-state index < -0.39 is 5.97 Å². The van der Waals surface area contributed by atoms with E-state index >= 15 is 0 Å². The molecular weight excluding hydrogens is 292 g/mol. The zero-order valence-corrected chi connectivity index (χ0v) is 13.2. The Balaban J connectivity index is 1.34. The molecule has 0 unspecified atom stereocenters. The molecule has 4 heteroatoms. The van der Waals surface area contributed by atoms with Crippen LogP contribution in [-0.2, 0) is 14.3 Å². The molecule has 0 saturated heterocycles. The van der Waals surface area contributed by atoms with Crippen molar-refractivity contribution in [3.63, 3.8) is 0 Å². The van der Waals surface area contributed by atoms with Crippen LogP contribution < -0.4 is 0 Å². The number of ketones is 1. The first-order chi connectivity index (χ1) is 11.1. The smallest absolute Gasteiger partial charge is 0.331 e. The number of hydrogen-bond acceptors (Lipinski definition) is 4. The Bertz CT molecular complexity index is 591. The Hall–Kier alpha value is -1.84. The standard InChI is InChI=1S/C19H22O4/c20-17(12-23-18(21)4-3-16-2-1-5-22-16)19-9-13-6-14(10-19)8-15(7-13)11-19/h1-5,13-15H,6-12H2. The summed E-state index contributed by atoms with van der Waals surface area (Å²) in [5, 5.41) is 0. The largest absolute Gasteiger partial charge is 0.465 e. The second-order valence-electron chi connectivity index (χ2n) is 7.58. The lowest BCUT2D eigenvalue weighted by molar-refractivity contribution is -0.155. The Labute approximate surface area is 135 Å². The van der Waals surface area contributed by atoms with E-state index in [1.165, 1.54) is 25.3 Å². The van der Waals surface area contributed by atoms with Crippen LogP contribution >= 0.6 is 0 Å². The summed E-state index contributed by atoms with van der Waals surface area (Å²) in [6.07, 6.45) is 11.4. The summed E-state index contributed by atoms with van der Waals surface area (Å²) in [7, 11) is 0. The molecule has 0 atom stereocenters. The topological polar surface area (TPSA) is 56.5 Å². The Morgan fingerprint density at radius 3 is 2.39 bits per heavy atom. The van der Waals surface area contributed by atoms with E-state index in [0.29, 0.717) is 5.76 Å². The van der Waals surface area contributed by atoms with E-state index in [9.17, 15) is 9.59 Å². The third-order valence-corrected chi connectivity index (χ3v) is 5.90. The molecule has 23 heavy (non-hydrogen) atoms. The molecule has 4 aliphatic rings. The van der Waals surface area contributed by atoms with E-state index in [1.807, 2.05) is 0 Å². The van der Waals surface area contributed by atoms with Crippen molar-refractivity contribution in [3.05, 3.63) is 30.2 Å². The zero-order chi connectivity index (χ0) is 15.9. The van der Waals surface area contributed by atoms with Crippen molar-refractivity contribution in [2.45, 2.75) is 38.5 Å². The molecular formula is C19H22O4. The van der Waals surface area contributed by atoms with E-state index in [0.717, 1.165) is 37.0 Å². The number of rotatable bonds is 5. The fourth-order valence-corrected chi connectivity index (χ4v) is 5.33. The minimum Gasteiger partial charge on any atom is -0.465 e. The van der Waals surface area contributed by atoms with Gasteiger partial charge >= 0.3 is 5.97 Å². The second-order valence-corrected chi connectivity index (χ2v) is 7.58. The average molecular weight is 314 g/mol. The highest BCUT2D eigenvalue weighted by Crippen LogP contribution is 2.60. The molecule has 4 saturated carbocycles. The maximum absolute atomic E-state index is 12.7. The molecule has 0 N–H and O–H groups in total. The van der Waals surface area contributed by atoms with Gasteiger partial charge in [-0.15, -0.1) is 0 Å². The van der Waals surface area contributed by atoms with E-state index in [-0.39, 0.29) is 17.8 Å². The van der Waals surface area contributed by atoms with Crippen LogP contribution in [0.4, 0.5) is 0 Å². The Morgan fingerprint density at radius 2 is 1.83 bits per heavy atom. The van der Waals surface area contributed by atoms with Crippen molar-refractivity contribution >= 4 is 17.8 Å². The van der Waals surface area contributed by atoms with Gasteiger partial charge in [-0.25, -0.2) is 4.79 Å². The summed E-state index contributed by atoms with van der Waals surface area (Å²) in [5.74, 6) is 2.41. The summed E-state index contributed by atoms with van der Waals surface area (Å²) in [5.41, 5.74) is -0.195. The number of furan rings is 1. The lowest BCUT2D eigenvalue weighted by atomic mass is 9.48. The molecule has 0 aromatic carbocycles. The van der Waals surface area contributed by atoms with Gasteiger partial charge in [0.15, 0.2) is 12.4 Å². The molecule has 0 amide bonds. The summed E-state index contributed by atoms with van der Waals surface area (Å²) in [4.78, 5) is 24.5. The maximum Gasteiger partial charge on any atom is 0.331 e. The van der Waals surface area contributed by atoms with Crippen LogP contribution in [0.3, 0.4) is 0 Å². The van der Waals surface area contributed by atoms with Crippen LogP contribution in [0.15, 0.2) is 28.9 Å². The molecule has 0 radical (unpaired) electrons. The molecule has 1 aromatic rings. The lowest BCUT2D eigenvalue weighted by Crippen LogP contribution is -2.51. The summed E-state index contributed by atoms with van der Waals surface area (Å²) in [6, 6.07) is 3.51. The third kappa shape index (κ3) is 2.87. The van der Waals surface area contributed by atoms with Gasteiger partial charge in [0.2, 0.25) is 0 Å². The monoisotopic (exact) mass is 314 g/mol. The average Bonchev–Trinajstić information content (AvgIpc) is 3.02. The van der Waals surface area contributed by atoms with Gasteiger partial charge in [-0.1, -0.05) is 0 Å². The lowest BCUT2D eigenvalue weighted by Gasteiger charge is -2.55. The van der Waals surface area contributed by atoms with Crippen LogP contribution in [-0.4, -0.2) is 18.4 Å². The van der Waals surface area contributed by atoms with Gasteiger partial charge in [-0.3, -0.25) is 4.79 Å². The van der Waals surface area contributed by atoms with Crippen LogP contribution in [0.1, 0.15) is 44.3 Å². The molecule has 122 valence electrons. The van der Waals surface area contributed by atoms with Gasteiger partial charge < -0.3 is 9.15 Å². The van der Waals surface area contributed by atoms with Gasteiger partial charge in [0.1, 0.15) is 5.76 Å². The highest BCUT2D eigenvalue weighted by atomic mass is 16.5. The molecule has 1 heterocycles. The van der Waals surface area contributed by atoms with Gasteiger partial charge in [-0.2, -0.15) is 0 Å². The van der Waals surface area contributed by atoms with E-state index in [1.54, 1.807) is 24.5 Å². The molecule has 4 aliphatic carbocycles. The quantitative estimate of drug-likeness (QED) is 0.615. The first kappa shape index (κ1) is 14.7. The number of carbonyl (C=O) groups excluding carboxylic acids is 2. The predicted molar refractivity (Wildman–Crippen MR) is 84.3 cm³/mol. The number of carbonyl (C=O) groups is 2. The van der Waals surface area contributed by atoms with E-state index in [2.05, 4.69) is 0 Å². The van der Waals surface area contributed by atoms with Gasteiger partial charge in [0, 0.05) is 11.5 Å². The van der Waals surface area contributed by atoms with Gasteiger partial charge in [0.05, 0.1) is 6.26 Å². The van der Waals surface area contributed by atoms with Crippen molar-refractivity contribution in [2.75, 3.05) is 6.61 Å². The predicted octanol–water partition coefficient (Wildman–Crippen LogP) is 3.62. The molecule has 4 bridgehead atoms. The molecule has 4 nitrogen and oxygen atoms in total. The normalized spacial score (nSPS) is 34.9. The van der Waals surface area contributed by atoms with Crippen LogP contribution in [0.2, 0.25) is 0 Å². The highest BCUT2D eigenvalue weighted by molar-refractivity contribution is 5.91. The Kier molecular flexibility index (Phi) is 3.63. The Morgan fingerprint density at radius 1 is 1.17 bits per heavy atom. The third-order valence-electron chi connectivity index (χ3n) is 5.90. The number of Topliss-reactive ketones (excluding diaryl/α,β-unsaturated/α-hetero) is 1. The fraction of sp³-hybridized carbons (Fsp3) is 0.579. The van der Waals surface area contributed by atoms with Crippen molar-refractivity contribution in [3.8, 4) is 0 Å². The van der Waals surface area contributed by atoms with Crippen LogP contribution in [0.5, 0.6) is 0 Å². The molecule has 5 rings (SSSR count). The SMILES string of the molecule is O=C(C=Cc1ccco1)OCC(=O)C12CC3CC(CC(C3)C1)C2. The zero-order valence-electron chi connectivity index (χ0n) is 13.2. The molecule has 4 fully saturated rings. The second kappa shape index (κ2) is 5.66. The first-order valence-electron chi connectivity index (χ1n) is 8.55. The maximum atomic E-state index is 12.7. The van der Waals surface area contributed by atoms with Crippen LogP contribution in [0.25, 0.3) is 6.08 Å². The van der Waals surface area contributed by atoms with Crippen LogP contribution in [0, 0.1) is 23.2 Å².